The van der Waals surface area contributed by atoms with Gasteiger partial charge in [0.2, 0.25) is 0 Å². The van der Waals surface area contributed by atoms with Gasteiger partial charge in [-0.1, -0.05) is 0 Å². The van der Waals surface area contributed by atoms with Gasteiger partial charge in [-0.2, -0.15) is 5.10 Å². The predicted molar refractivity (Wildman–Crippen MR) is 107 cm³/mol. The molecule has 2 aromatic carbocycles. The van der Waals surface area contributed by atoms with E-state index in [2.05, 4.69) is 41.2 Å². The molecule has 3 aromatic rings. The van der Waals surface area contributed by atoms with E-state index < -0.39 is 0 Å². The van der Waals surface area contributed by atoms with Crippen LogP contribution in [0.1, 0.15) is 31.1 Å². The van der Waals surface area contributed by atoms with Crippen LogP contribution in [0, 0.1) is 5.82 Å². The van der Waals surface area contributed by atoms with Crippen LogP contribution in [0.2, 0.25) is 0 Å². The van der Waals surface area contributed by atoms with E-state index >= 15 is 0 Å². The summed E-state index contributed by atoms with van der Waals surface area (Å²) in [6.07, 6.45) is 1.47. The maximum absolute atomic E-state index is 13.1. The molecule has 1 amide bonds. The van der Waals surface area contributed by atoms with Crippen molar-refractivity contribution in [1.82, 2.24) is 10.2 Å². The Morgan fingerprint density at radius 2 is 1.81 bits per heavy atom. The van der Waals surface area contributed by atoms with Crippen molar-refractivity contribution < 1.29 is 9.18 Å². The molecule has 0 saturated carbocycles. The fraction of sp³-hybridized carbons (Fsp3) is 0.238. The Bertz CT molecular complexity index is 901. The van der Waals surface area contributed by atoms with E-state index in [9.17, 15) is 9.18 Å². The molecule has 27 heavy (non-hydrogen) atoms. The molecule has 0 aliphatic carbocycles. The summed E-state index contributed by atoms with van der Waals surface area (Å²) < 4.78 is 13.1. The van der Waals surface area contributed by atoms with Gasteiger partial charge in [-0.3, -0.25) is 9.89 Å². The van der Waals surface area contributed by atoms with Crippen LogP contribution in [0.25, 0.3) is 11.3 Å². The molecule has 140 valence electrons. The third kappa shape index (κ3) is 4.16. The van der Waals surface area contributed by atoms with Gasteiger partial charge in [-0.15, -0.1) is 0 Å². The number of amides is 1. The largest absolute Gasteiger partial charge is 0.369 e. The van der Waals surface area contributed by atoms with Gasteiger partial charge in [0.15, 0.2) is 0 Å². The van der Waals surface area contributed by atoms with Crippen molar-refractivity contribution >= 4 is 17.3 Å². The number of benzene rings is 2. The number of H-pyrrole nitrogens is 1. The number of aromatic amines is 1. The summed E-state index contributed by atoms with van der Waals surface area (Å²) in [5.41, 5.74) is 3.48. The van der Waals surface area contributed by atoms with Crippen molar-refractivity contribution in [1.29, 1.82) is 0 Å². The molecule has 0 atom stereocenters. The van der Waals surface area contributed by atoms with Gasteiger partial charge in [0.25, 0.3) is 5.91 Å². The fourth-order valence-corrected chi connectivity index (χ4v) is 3.08. The summed E-state index contributed by atoms with van der Waals surface area (Å²) in [4.78, 5) is 14.9. The number of hydrogen-bond donors (Lipinski definition) is 2. The first-order valence-electron chi connectivity index (χ1n) is 8.97. The van der Waals surface area contributed by atoms with Crippen molar-refractivity contribution in [3.05, 3.63) is 66.1 Å². The first-order chi connectivity index (χ1) is 13.0. The van der Waals surface area contributed by atoms with Gasteiger partial charge < -0.3 is 10.2 Å². The number of rotatable bonds is 6. The van der Waals surface area contributed by atoms with Crippen molar-refractivity contribution in [2.24, 2.45) is 0 Å². The van der Waals surface area contributed by atoms with Crippen LogP contribution < -0.4 is 10.2 Å². The maximum Gasteiger partial charge on any atom is 0.259 e. The van der Waals surface area contributed by atoms with E-state index in [1.807, 2.05) is 24.3 Å². The van der Waals surface area contributed by atoms with Crippen LogP contribution in [-0.4, -0.2) is 28.7 Å². The zero-order valence-corrected chi connectivity index (χ0v) is 15.7. The minimum Gasteiger partial charge on any atom is -0.369 e. The van der Waals surface area contributed by atoms with Gasteiger partial charge in [0.1, 0.15) is 5.82 Å². The fourth-order valence-electron chi connectivity index (χ4n) is 3.08. The number of nitrogens with one attached hydrogen (secondary N) is 2. The molecule has 0 radical (unpaired) electrons. The van der Waals surface area contributed by atoms with Gasteiger partial charge >= 0.3 is 0 Å². The first-order valence-corrected chi connectivity index (χ1v) is 8.97. The van der Waals surface area contributed by atoms with Gasteiger partial charge in [0.05, 0.1) is 17.5 Å². The Morgan fingerprint density at radius 1 is 1.15 bits per heavy atom. The zero-order chi connectivity index (χ0) is 19.4. The van der Waals surface area contributed by atoms with Crippen LogP contribution >= 0.6 is 0 Å². The smallest absolute Gasteiger partial charge is 0.259 e. The van der Waals surface area contributed by atoms with E-state index in [0.29, 0.717) is 28.6 Å². The lowest BCUT2D eigenvalue weighted by Gasteiger charge is -2.27. The zero-order valence-electron chi connectivity index (χ0n) is 15.7. The number of carbonyl (C=O) groups is 1. The average molecular weight is 366 g/mol. The average Bonchev–Trinajstić information content (AvgIpc) is 3.14. The van der Waals surface area contributed by atoms with E-state index in [1.54, 1.807) is 12.1 Å². The standard InChI is InChI=1S/C21H23FN4O/c1-4-26(14(2)3)18-11-9-17(10-12-18)24-21(27)19-13-23-25-20(19)15-5-7-16(22)8-6-15/h5-14H,4H2,1-3H3,(H,23,25)(H,24,27). The number of nitrogens with zero attached hydrogens (tertiary/aromatic N) is 2. The molecule has 5 nitrogen and oxygen atoms in total. The molecule has 0 unspecified atom stereocenters. The number of hydrogen-bond acceptors (Lipinski definition) is 3. The van der Waals surface area contributed by atoms with Crippen molar-refractivity contribution in [3.63, 3.8) is 0 Å². The summed E-state index contributed by atoms with van der Waals surface area (Å²) in [5.74, 6) is -0.598. The summed E-state index contributed by atoms with van der Waals surface area (Å²) >= 11 is 0. The molecule has 0 aliphatic heterocycles. The van der Waals surface area contributed by atoms with Crippen LogP contribution in [-0.2, 0) is 0 Å². The molecule has 1 heterocycles. The van der Waals surface area contributed by atoms with E-state index in [-0.39, 0.29) is 11.7 Å². The second-order valence-corrected chi connectivity index (χ2v) is 6.55. The van der Waals surface area contributed by atoms with Crippen molar-refractivity contribution in [2.45, 2.75) is 26.8 Å². The van der Waals surface area contributed by atoms with E-state index in [4.69, 9.17) is 0 Å². The Hall–Kier alpha value is -3.15. The molecule has 0 fully saturated rings. The maximum atomic E-state index is 13.1. The van der Waals surface area contributed by atoms with Crippen LogP contribution in [0.15, 0.2) is 54.7 Å². The monoisotopic (exact) mass is 366 g/mol. The van der Waals surface area contributed by atoms with Crippen molar-refractivity contribution in [2.75, 3.05) is 16.8 Å². The highest BCUT2D eigenvalue weighted by Crippen LogP contribution is 2.24. The normalized spacial score (nSPS) is 10.9. The lowest BCUT2D eigenvalue weighted by Crippen LogP contribution is -2.30. The summed E-state index contributed by atoms with van der Waals surface area (Å²) in [7, 11) is 0. The Morgan fingerprint density at radius 3 is 2.41 bits per heavy atom. The highest BCUT2D eigenvalue weighted by molar-refractivity contribution is 6.08. The highest BCUT2D eigenvalue weighted by Gasteiger charge is 2.16. The molecule has 0 spiro atoms. The Kier molecular flexibility index (Phi) is 5.54. The molecule has 0 saturated heterocycles. The first kappa shape index (κ1) is 18.6. The van der Waals surface area contributed by atoms with Gasteiger partial charge in [0, 0.05) is 29.5 Å². The third-order valence-corrected chi connectivity index (χ3v) is 4.44. The molecule has 1 aromatic heterocycles. The molecular weight excluding hydrogens is 343 g/mol. The molecule has 3 rings (SSSR count). The quantitative estimate of drug-likeness (QED) is 0.664. The summed E-state index contributed by atoms with van der Waals surface area (Å²) in [6.45, 7) is 7.33. The predicted octanol–water partition coefficient (Wildman–Crippen LogP) is 4.70. The van der Waals surface area contributed by atoms with Gasteiger partial charge in [-0.25, -0.2) is 4.39 Å². The topological polar surface area (TPSA) is 61.0 Å². The molecule has 0 bridgehead atoms. The summed E-state index contributed by atoms with van der Waals surface area (Å²) in [5, 5.41) is 9.67. The van der Waals surface area contributed by atoms with E-state index in [1.165, 1.54) is 18.3 Å². The Balaban J connectivity index is 1.77. The van der Waals surface area contributed by atoms with E-state index in [0.717, 1.165) is 12.2 Å². The number of carbonyl (C=O) groups excluding carboxylic acids is 1. The lowest BCUT2D eigenvalue weighted by atomic mass is 10.1. The minimum absolute atomic E-state index is 0.271. The number of halogens is 1. The number of anilines is 2. The molecular formula is C21H23FN4O. The Labute approximate surface area is 158 Å². The number of aromatic nitrogens is 2. The van der Waals surface area contributed by atoms with Crippen LogP contribution in [0.4, 0.5) is 15.8 Å². The van der Waals surface area contributed by atoms with Gasteiger partial charge in [-0.05, 0) is 69.3 Å². The molecule has 2 N–H and O–H groups in total. The molecule has 0 aliphatic rings. The lowest BCUT2D eigenvalue weighted by molar-refractivity contribution is 0.102. The van der Waals surface area contributed by atoms with Crippen molar-refractivity contribution in [3.8, 4) is 11.3 Å². The van der Waals surface area contributed by atoms with Crippen LogP contribution in [0.3, 0.4) is 0 Å². The SMILES string of the molecule is CCN(c1ccc(NC(=O)c2cn[nH]c2-c2ccc(F)cc2)cc1)C(C)C. The minimum atomic E-state index is -0.327. The van der Waals surface area contributed by atoms with Crippen LogP contribution in [0.5, 0.6) is 0 Å². The summed E-state index contributed by atoms with van der Waals surface area (Å²) in [6, 6.07) is 14.1. The second-order valence-electron chi connectivity index (χ2n) is 6.55. The third-order valence-electron chi connectivity index (χ3n) is 4.44. The molecule has 6 heteroatoms. The highest BCUT2D eigenvalue weighted by atomic mass is 19.1. The second kappa shape index (κ2) is 8.03.